The van der Waals surface area contributed by atoms with E-state index in [0.717, 1.165) is 0 Å². The maximum atomic E-state index is 12.5. The smallest absolute Gasteiger partial charge is 0.305 e. The number of carbonyl (C=O) groups is 2. The van der Waals surface area contributed by atoms with Gasteiger partial charge in [0.1, 0.15) is 5.69 Å². The molecule has 0 saturated heterocycles. The molecule has 2 rings (SSSR count). The summed E-state index contributed by atoms with van der Waals surface area (Å²) in [4.78, 5) is 27.6. The highest BCUT2D eigenvalue weighted by Crippen LogP contribution is 2.21. The average molecular weight is 316 g/mol. The summed E-state index contributed by atoms with van der Waals surface area (Å²) in [6.45, 7) is 5.47. The third kappa shape index (κ3) is 3.94. The molecule has 2 aromatic heterocycles. The van der Waals surface area contributed by atoms with Crippen LogP contribution in [-0.2, 0) is 4.79 Å². The van der Waals surface area contributed by atoms with Gasteiger partial charge in [0.25, 0.3) is 5.91 Å². The number of aromatic nitrogens is 3. The van der Waals surface area contributed by atoms with E-state index in [-0.39, 0.29) is 18.0 Å². The predicted molar refractivity (Wildman–Crippen MR) is 84.3 cm³/mol. The van der Waals surface area contributed by atoms with Gasteiger partial charge in [-0.15, -0.1) is 0 Å². The Bertz CT molecular complexity index is 697. The van der Waals surface area contributed by atoms with Crippen molar-refractivity contribution in [2.75, 3.05) is 0 Å². The molecule has 23 heavy (non-hydrogen) atoms. The van der Waals surface area contributed by atoms with E-state index in [1.807, 2.05) is 13.8 Å². The van der Waals surface area contributed by atoms with Gasteiger partial charge >= 0.3 is 5.97 Å². The average Bonchev–Trinajstić information content (AvgIpc) is 3.00. The van der Waals surface area contributed by atoms with Gasteiger partial charge in [0.05, 0.1) is 17.6 Å². The van der Waals surface area contributed by atoms with E-state index in [1.54, 1.807) is 42.2 Å². The molecule has 1 atom stereocenters. The zero-order chi connectivity index (χ0) is 17.0. The lowest BCUT2D eigenvalue weighted by Crippen LogP contribution is -2.51. The van der Waals surface area contributed by atoms with Gasteiger partial charge in [0.15, 0.2) is 0 Å². The predicted octanol–water partition coefficient (Wildman–Crippen LogP) is 1.89. The number of pyridine rings is 1. The normalized spacial score (nSPS) is 13.6. The van der Waals surface area contributed by atoms with Crippen LogP contribution >= 0.6 is 0 Å². The topological polar surface area (TPSA) is 97.1 Å². The summed E-state index contributed by atoms with van der Waals surface area (Å²) in [5, 5.41) is 16.0. The lowest BCUT2D eigenvalue weighted by Gasteiger charge is -2.33. The van der Waals surface area contributed by atoms with Crippen molar-refractivity contribution in [2.45, 2.75) is 32.7 Å². The summed E-state index contributed by atoms with van der Waals surface area (Å²) in [5.74, 6) is -1.41. The van der Waals surface area contributed by atoms with E-state index < -0.39 is 17.4 Å². The summed E-state index contributed by atoms with van der Waals surface area (Å²) < 4.78 is 1.62. The lowest BCUT2D eigenvalue weighted by molar-refractivity contribution is -0.138. The SMILES string of the molecule is CC(C)C(C)(CC(=O)O)NC(=O)c1cc(-n2cccn2)ccn1. The maximum absolute atomic E-state index is 12.5. The Kier molecular flexibility index (Phi) is 4.78. The third-order valence-corrected chi connectivity index (χ3v) is 3.94. The molecule has 1 amide bonds. The molecule has 0 bridgehead atoms. The Morgan fingerprint density at radius 3 is 2.70 bits per heavy atom. The number of carbonyl (C=O) groups excluding carboxylic acids is 1. The number of carboxylic acids is 1. The molecule has 2 aromatic rings. The van der Waals surface area contributed by atoms with Gasteiger partial charge in [-0.2, -0.15) is 5.10 Å². The number of carboxylic acid groups (broad SMARTS) is 1. The van der Waals surface area contributed by atoms with Gasteiger partial charge in [-0.3, -0.25) is 14.6 Å². The van der Waals surface area contributed by atoms with Crippen molar-refractivity contribution >= 4 is 11.9 Å². The van der Waals surface area contributed by atoms with Crippen LogP contribution in [0.1, 0.15) is 37.7 Å². The molecular formula is C16H20N4O3. The number of amides is 1. The van der Waals surface area contributed by atoms with Crippen LogP contribution in [0.15, 0.2) is 36.8 Å². The molecule has 0 spiro atoms. The van der Waals surface area contributed by atoms with Crippen LogP contribution in [0.5, 0.6) is 0 Å². The second-order valence-corrected chi connectivity index (χ2v) is 5.95. The minimum atomic E-state index is -0.959. The van der Waals surface area contributed by atoms with Gasteiger partial charge in [-0.1, -0.05) is 13.8 Å². The van der Waals surface area contributed by atoms with Crippen LogP contribution in [0.4, 0.5) is 0 Å². The van der Waals surface area contributed by atoms with E-state index in [9.17, 15) is 9.59 Å². The number of rotatable bonds is 6. The van der Waals surface area contributed by atoms with E-state index in [1.165, 1.54) is 6.20 Å². The first-order valence-electron chi connectivity index (χ1n) is 7.32. The summed E-state index contributed by atoms with van der Waals surface area (Å²) in [6, 6.07) is 5.13. The second-order valence-electron chi connectivity index (χ2n) is 5.95. The summed E-state index contributed by atoms with van der Waals surface area (Å²) in [5.41, 5.74) is 0.0710. The molecular weight excluding hydrogens is 296 g/mol. The molecule has 122 valence electrons. The van der Waals surface area contributed by atoms with Gasteiger partial charge in [0.2, 0.25) is 0 Å². The van der Waals surface area contributed by atoms with Crippen LogP contribution in [0, 0.1) is 5.92 Å². The molecule has 1 unspecified atom stereocenters. The fourth-order valence-electron chi connectivity index (χ4n) is 2.14. The van der Waals surface area contributed by atoms with E-state index in [2.05, 4.69) is 15.4 Å². The molecule has 0 aliphatic rings. The van der Waals surface area contributed by atoms with Gasteiger partial charge in [0, 0.05) is 18.6 Å². The highest BCUT2D eigenvalue weighted by atomic mass is 16.4. The van der Waals surface area contributed by atoms with Crippen molar-refractivity contribution in [3.8, 4) is 5.69 Å². The highest BCUT2D eigenvalue weighted by Gasteiger charge is 2.33. The molecule has 0 aromatic carbocycles. The van der Waals surface area contributed by atoms with Gasteiger partial charge in [-0.05, 0) is 31.0 Å². The number of hydrogen-bond acceptors (Lipinski definition) is 4. The molecule has 2 N–H and O–H groups in total. The van der Waals surface area contributed by atoms with Crippen molar-refractivity contribution in [2.24, 2.45) is 5.92 Å². The Labute approximate surface area is 134 Å². The van der Waals surface area contributed by atoms with Crippen molar-refractivity contribution in [3.05, 3.63) is 42.5 Å². The first-order chi connectivity index (χ1) is 10.8. The summed E-state index contributed by atoms with van der Waals surface area (Å²) in [6.07, 6.45) is 4.77. The molecule has 2 heterocycles. The van der Waals surface area contributed by atoms with Gasteiger partial charge in [-0.25, -0.2) is 4.68 Å². The largest absolute Gasteiger partial charge is 0.481 e. The molecule has 0 aliphatic carbocycles. The number of nitrogens with zero attached hydrogens (tertiary/aromatic N) is 3. The van der Waals surface area contributed by atoms with Crippen LogP contribution < -0.4 is 5.32 Å². The molecule has 0 saturated carbocycles. The van der Waals surface area contributed by atoms with Crippen LogP contribution in [0.25, 0.3) is 5.69 Å². The standard InChI is InChI=1S/C16H20N4O3/c1-11(2)16(3,10-14(21)22)19-15(23)13-9-12(5-7-17-13)20-8-4-6-18-20/h4-9,11H,10H2,1-3H3,(H,19,23)(H,21,22). The Balaban J connectivity index is 2.23. The molecule has 0 aliphatic heterocycles. The zero-order valence-corrected chi connectivity index (χ0v) is 13.4. The van der Waals surface area contributed by atoms with Crippen molar-refractivity contribution in [3.63, 3.8) is 0 Å². The first kappa shape index (κ1) is 16.7. The summed E-state index contributed by atoms with van der Waals surface area (Å²) >= 11 is 0. The fraction of sp³-hybridized carbons (Fsp3) is 0.375. The summed E-state index contributed by atoms with van der Waals surface area (Å²) in [7, 11) is 0. The fourth-order valence-corrected chi connectivity index (χ4v) is 2.14. The Morgan fingerprint density at radius 2 is 2.13 bits per heavy atom. The molecule has 7 heteroatoms. The van der Waals surface area contributed by atoms with Crippen LogP contribution in [-0.4, -0.2) is 37.3 Å². The number of hydrogen-bond donors (Lipinski definition) is 2. The first-order valence-corrected chi connectivity index (χ1v) is 7.32. The van der Waals surface area contributed by atoms with E-state index in [0.29, 0.717) is 5.69 Å². The second kappa shape index (κ2) is 6.60. The quantitative estimate of drug-likeness (QED) is 0.848. The van der Waals surface area contributed by atoms with Gasteiger partial charge < -0.3 is 10.4 Å². The molecule has 7 nitrogen and oxygen atoms in total. The van der Waals surface area contributed by atoms with Crippen molar-refractivity contribution in [1.29, 1.82) is 0 Å². The lowest BCUT2D eigenvalue weighted by atomic mass is 9.85. The maximum Gasteiger partial charge on any atom is 0.305 e. The number of nitrogens with one attached hydrogen (secondary N) is 1. The Morgan fingerprint density at radius 1 is 1.39 bits per heavy atom. The third-order valence-electron chi connectivity index (χ3n) is 3.94. The van der Waals surface area contributed by atoms with Crippen LogP contribution in [0.3, 0.4) is 0 Å². The van der Waals surface area contributed by atoms with Crippen molar-refractivity contribution < 1.29 is 14.7 Å². The molecule has 0 radical (unpaired) electrons. The Hall–Kier alpha value is -2.70. The monoisotopic (exact) mass is 316 g/mol. The van der Waals surface area contributed by atoms with Crippen molar-refractivity contribution in [1.82, 2.24) is 20.1 Å². The van der Waals surface area contributed by atoms with Crippen LogP contribution in [0.2, 0.25) is 0 Å². The minimum absolute atomic E-state index is 0.0446. The minimum Gasteiger partial charge on any atom is -0.481 e. The van der Waals surface area contributed by atoms with E-state index >= 15 is 0 Å². The molecule has 0 fully saturated rings. The van der Waals surface area contributed by atoms with E-state index in [4.69, 9.17) is 5.11 Å². The highest BCUT2D eigenvalue weighted by molar-refractivity contribution is 5.93. The zero-order valence-electron chi connectivity index (χ0n) is 13.4. The number of aliphatic carboxylic acids is 1.